The Morgan fingerprint density at radius 1 is 1.08 bits per heavy atom. The summed E-state index contributed by atoms with van der Waals surface area (Å²) in [6.07, 6.45) is 3.86. The van der Waals surface area contributed by atoms with Crippen LogP contribution in [0, 0.1) is 5.82 Å². The van der Waals surface area contributed by atoms with Gasteiger partial charge >= 0.3 is 0 Å². The third-order valence-electron chi connectivity index (χ3n) is 4.29. The molecule has 1 aliphatic rings. The number of hydrogen-bond donors (Lipinski definition) is 0. The van der Waals surface area contributed by atoms with Crippen LogP contribution in [0.5, 0.6) is 0 Å². The lowest BCUT2D eigenvalue weighted by Crippen LogP contribution is -2.24. The first kappa shape index (κ1) is 15.4. The minimum absolute atomic E-state index is 0.138. The van der Waals surface area contributed by atoms with Crippen LogP contribution in [0.2, 0.25) is 0 Å². The summed E-state index contributed by atoms with van der Waals surface area (Å²) in [6.45, 7) is 1.49. The van der Waals surface area contributed by atoms with E-state index in [0.29, 0.717) is 6.42 Å². The van der Waals surface area contributed by atoms with Gasteiger partial charge in [-0.2, -0.15) is 5.10 Å². The van der Waals surface area contributed by atoms with Crippen molar-refractivity contribution < 1.29 is 9.18 Å². The number of fused-ring (bicyclic) bond motifs is 1. The maximum absolute atomic E-state index is 13.2. The van der Waals surface area contributed by atoms with Crippen LogP contribution in [0.1, 0.15) is 30.5 Å². The van der Waals surface area contributed by atoms with Gasteiger partial charge in [-0.25, -0.2) is 9.40 Å². The number of hydrazone groups is 1. The molecule has 1 atom stereocenters. The number of aromatic nitrogens is 2. The molecule has 0 aliphatic carbocycles. The number of benzene rings is 2. The second-order valence-corrected chi connectivity index (χ2v) is 5.94. The maximum Gasteiger partial charge on any atom is 0.240 e. The number of hydrogen-bond acceptors (Lipinski definition) is 4. The lowest BCUT2D eigenvalue weighted by Gasteiger charge is -2.20. The predicted octanol–water partition coefficient (Wildman–Crippen LogP) is 3.47. The normalized spacial score (nSPS) is 17.0. The number of carbonyl (C=O) groups excluding carboxylic acids is 1. The third-order valence-corrected chi connectivity index (χ3v) is 4.29. The summed E-state index contributed by atoms with van der Waals surface area (Å²) in [4.78, 5) is 20.6. The van der Waals surface area contributed by atoms with Gasteiger partial charge in [0.15, 0.2) is 0 Å². The Balaban J connectivity index is 1.71. The van der Waals surface area contributed by atoms with Crippen molar-refractivity contribution >= 4 is 22.7 Å². The number of amides is 1. The lowest BCUT2D eigenvalue weighted by atomic mass is 9.98. The van der Waals surface area contributed by atoms with E-state index in [9.17, 15) is 9.18 Å². The van der Waals surface area contributed by atoms with E-state index in [1.54, 1.807) is 24.5 Å². The molecule has 1 aromatic heterocycles. The Morgan fingerprint density at radius 3 is 2.52 bits per heavy atom. The molecule has 0 saturated carbocycles. The van der Waals surface area contributed by atoms with Crippen LogP contribution in [0.15, 0.2) is 60.0 Å². The van der Waals surface area contributed by atoms with E-state index in [0.717, 1.165) is 27.9 Å². The molecule has 124 valence electrons. The summed E-state index contributed by atoms with van der Waals surface area (Å²) in [5.74, 6) is -0.434. The largest absolute Gasteiger partial charge is 0.273 e. The topological polar surface area (TPSA) is 58.5 Å². The van der Waals surface area contributed by atoms with Crippen LogP contribution in [0.25, 0.3) is 11.0 Å². The fraction of sp³-hybridized carbons (Fsp3) is 0.158. The summed E-state index contributed by atoms with van der Waals surface area (Å²) in [5, 5.41) is 5.95. The van der Waals surface area contributed by atoms with Crippen molar-refractivity contribution in [2.45, 2.75) is 19.4 Å². The SMILES string of the molecule is CC(=O)N1N=C(c2ccc(F)cc2)C[C@H]1c1ccc2nccnc2c1. The van der Waals surface area contributed by atoms with Gasteiger partial charge < -0.3 is 0 Å². The van der Waals surface area contributed by atoms with Crippen molar-refractivity contribution in [2.24, 2.45) is 5.10 Å². The Labute approximate surface area is 143 Å². The van der Waals surface area contributed by atoms with E-state index in [1.807, 2.05) is 18.2 Å². The van der Waals surface area contributed by atoms with Gasteiger partial charge in [-0.15, -0.1) is 0 Å². The van der Waals surface area contributed by atoms with Crippen LogP contribution >= 0.6 is 0 Å². The number of carbonyl (C=O) groups is 1. The van der Waals surface area contributed by atoms with E-state index in [1.165, 1.54) is 24.1 Å². The molecule has 0 unspecified atom stereocenters. The molecule has 5 nitrogen and oxygen atoms in total. The number of halogens is 1. The molecule has 0 N–H and O–H groups in total. The van der Waals surface area contributed by atoms with Crippen molar-refractivity contribution in [2.75, 3.05) is 0 Å². The number of rotatable bonds is 2. The van der Waals surface area contributed by atoms with Gasteiger partial charge in [-0.05, 0) is 35.4 Å². The molecule has 3 aromatic rings. The standard InChI is InChI=1S/C19H15FN4O/c1-12(25)24-19(11-17(23-24)13-2-5-15(20)6-3-13)14-4-7-16-18(10-14)22-9-8-21-16/h2-10,19H,11H2,1H3/t19-/m0/s1. The zero-order valence-corrected chi connectivity index (χ0v) is 13.6. The molecule has 2 aromatic carbocycles. The van der Waals surface area contributed by atoms with Crippen LogP contribution in [0.4, 0.5) is 4.39 Å². The summed E-state index contributed by atoms with van der Waals surface area (Å²) in [5.41, 5.74) is 4.11. The molecule has 0 fully saturated rings. The van der Waals surface area contributed by atoms with Gasteiger partial charge in [0.2, 0.25) is 5.91 Å². The zero-order chi connectivity index (χ0) is 17.4. The van der Waals surface area contributed by atoms with E-state index in [-0.39, 0.29) is 17.8 Å². The van der Waals surface area contributed by atoms with Crippen LogP contribution in [-0.2, 0) is 4.79 Å². The van der Waals surface area contributed by atoms with Crippen molar-refractivity contribution in [3.05, 3.63) is 71.8 Å². The first-order valence-corrected chi connectivity index (χ1v) is 7.96. The molecular formula is C19H15FN4O. The molecule has 0 spiro atoms. The predicted molar refractivity (Wildman–Crippen MR) is 92.4 cm³/mol. The van der Waals surface area contributed by atoms with Gasteiger partial charge in [0, 0.05) is 25.7 Å². The van der Waals surface area contributed by atoms with Crippen molar-refractivity contribution in [1.29, 1.82) is 0 Å². The Kier molecular flexibility index (Phi) is 3.72. The first-order chi connectivity index (χ1) is 12.1. The van der Waals surface area contributed by atoms with Crippen LogP contribution in [-0.4, -0.2) is 26.6 Å². The highest BCUT2D eigenvalue weighted by molar-refractivity contribution is 6.03. The van der Waals surface area contributed by atoms with E-state index in [4.69, 9.17) is 0 Å². The average Bonchev–Trinajstić information content (AvgIpc) is 3.07. The smallest absolute Gasteiger partial charge is 0.240 e. The fourth-order valence-electron chi connectivity index (χ4n) is 3.06. The van der Waals surface area contributed by atoms with E-state index in [2.05, 4.69) is 15.1 Å². The minimum Gasteiger partial charge on any atom is -0.273 e. The zero-order valence-electron chi connectivity index (χ0n) is 13.6. The molecule has 1 amide bonds. The van der Waals surface area contributed by atoms with Gasteiger partial charge in [0.05, 0.1) is 22.8 Å². The van der Waals surface area contributed by atoms with Gasteiger partial charge in [0.1, 0.15) is 5.82 Å². The monoisotopic (exact) mass is 334 g/mol. The molecule has 6 heteroatoms. The first-order valence-electron chi connectivity index (χ1n) is 7.96. The second-order valence-electron chi connectivity index (χ2n) is 5.94. The average molecular weight is 334 g/mol. The van der Waals surface area contributed by atoms with Crippen molar-refractivity contribution in [1.82, 2.24) is 15.0 Å². The molecular weight excluding hydrogens is 319 g/mol. The molecule has 25 heavy (non-hydrogen) atoms. The molecule has 2 heterocycles. The van der Waals surface area contributed by atoms with Crippen molar-refractivity contribution in [3.63, 3.8) is 0 Å². The summed E-state index contributed by atoms with van der Waals surface area (Å²) in [6, 6.07) is 11.7. The molecule has 4 rings (SSSR count). The van der Waals surface area contributed by atoms with Crippen LogP contribution < -0.4 is 0 Å². The summed E-state index contributed by atoms with van der Waals surface area (Å²) < 4.78 is 13.2. The Bertz CT molecular complexity index is 984. The third kappa shape index (κ3) is 2.87. The minimum atomic E-state index is -0.296. The maximum atomic E-state index is 13.2. The number of nitrogens with zero attached hydrogens (tertiary/aromatic N) is 4. The summed E-state index contributed by atoms with van der Waals surface area (Å²) >= 11 is 0. The Hall–Kier alpha value is -3.15. The molecule has 0 bridgehead atoms. The highest BCUT2D eigenvalue weighted by Crippen LogP contribution is 2.33. The Morgan fingerprint density at radius 2 is 1.80 bits per heavy atom. The van der Waals surface area contributed by atoms with Gasteiger partial charge in [0.25, 0.3) is 0 Å². The van der Waals surface area contributed by atoms with Gasteiger partial charge in [-0.3, -0.25) is 14.8 Å². The lowest BCUT2D eigenvalue weighted by molar-refractivity contribution is -0.130. The van der Waals surface area contributed by atoms with Crippen molar-refractivity contribution in [3.8, 4) is 0 Å². The fourth-order valence-corrected chi connectivity index (χ4v) is 3.06. The van der Waals surface area contributed by atoms with Gasteiger partial charge in [-0.1, -0.05) is 18.2 Å². The van der Waals surface area contributed by atoms with E-state index >= 15 is 0 Å². The van der Waals surface area contributed by atoms with Crippen LogP contribution in [0.3, 0.4) is 0 Å². The molecule has 0 radical (unpaired) electrons. The molecule has 0 saturated heterocycles. The highest BCUT2D eigenvalue weighted by atomic mass is 19.1. The highest BCUT2D eigenvalue weighted by Gasteiger charge is 2.31. The second kappa shape index (κ2) is 6.05. The quantitative estimate of drug-likeness (QED) is 0.721. The summed E-state index contributed by atoms with van der Waals surface area (Å²) in [7, 11) is 0. The molecule has 1 aliphatic heterocycles. The van der Waals surface area contributed by atoms with E-state index < -0.39 is 0 Å².